The van der Waals surface area contributed by atoms with E-state index >= 15 is 0 Å². The van der Waals surface area contributed by atoms with E-state index in [0.717, 1.165) is 31.4 Å². The molecule has 3 fully saturated rings. The summed E-state index contributed by atoms with van der Waals surface area (Å²) >= 11 is 0. The van der Waals surface area contributed by atoms with Crippen LogP contribution in [0.1, 0.15) is 59.3 Å². The summed E-state index contributed by atoms with van der Waals surface area (Å²) in [6, 6.07) is 0.255. The van der Waals surface area contributed by atoms with Crippen LogP contribution in [0.25, 0.3) is 0 Å². The number of fused-ring (bicyclic) bond motifs is 5. The number of nitrogens with one attached hydrogen (secondary N) is 1. The van der Waals surface area contributed by atoms with Crippen LogP contribution in [0.5, 0.6) is 0 Å². The van der Waals surface area contributed by atoms with Crippen LogP contribution in [-0.4, -0.2) is 65.2 Å². The van der Waals surface area contributed by atoms with Gasteiger partial charge in [-0.25, -0.2) is 0 Å². The molecule has 0 aromatic heterocycles. The van der Waals surface area contributed by atoms with Crippen molar-refractivity contribution in [1.82, 2.24) is 5.32 Å². The maximum Gasteiger partial charge on any atom is 0.159 e. The van der Waals surface area contributed by atoms with E-state index in [2.05, 4.69) is 26.1 Å². The number of hydrogen-bond acceptors (Lipinski definition) is 6. The molecule has 0 spiro atoms. The summed E-state index contributed by atoms with van der Waals surface area (Å²) in [7, 11) is 1.70. The number of carbonyl (C=O) groups is 1. The fourth-order valence-corrected chi connectivity index (χ4v) is 7.74. The van der Waals surface area contributed by atoms with E-state index < -0.39 is 23.2 Å². The van der Waals surface area contributed by atoms with Gasteiger partial charge in [0, 0.05) is 31.0 Å². The Morgan fingerprint density at radius 2 is 1.93 bits per heavy atom. The molecule has 0 aliphatic heterocycles. The zero-order valence-electron chi connectivity index (χ0n) is 18.9. The molecule has 0 saturated heterocycles. The predicted molar refractivity (Wildman–Crippen MR) is 114 cm³/mol. The van der Waals surface area contributed by atoms with Gasteiger partial charge in [-0.3, -0.25) is 4.79 Å². The van der Waals surface area contributed by atoms with Crippen LogP contribution in [0.3, 0.4) is 0 Å². The molecule has 3 saturated carbocycles. The first-order chi connectivity index (χ1) is 14.1. The van der Waals surface area contributed by atoms with E-state index in [4.69, 9.17) is 4.74 Å². The Hall–Kier alpha value is -0.790. The lowest BCUT2D eigenvalue weighted by atomic mass is 9.46. The predicted octanol–water partition coefficient (Wildman–Crippen LogP) is 1.82. The Balaban J connectivity index is 1.65. The largest absolute Gasteiger partial charge is 0.390 e. The van der Waals surface area contributed by atoms with Crippen LogP contribution < -0.4 is 5.32 Å². The Kier molecular flexibility index (Phi) is 5.72. The molecule has 0 aromatic carbocycles. The van der Waals surface area contributed by atoms with Crippen molar-refractivity contribution in [2.45, 2.75) is 83.1 Å². The minimum Gasteiger partial charge on any atom is -0.390 e. The molecule has 0 amide bonds. The van der Waals surface area contributed by atoms with Crippen LogP contribution in [0.2, 0.25) is 0 Å². The highest BCUT2D eigenvalue weighted by atomic mass is 16.5. The lowest BCUT2D eigenvalue weighted by molar-refractivity contribution is -0.152. The molecule has 0 heterocycles. The van der Waals surface area contributed by atoms with Gasteiger partial charge in [0.15, 0.2) is 5.78 Å². The van der Waals surface area contributed by atoms with Crippen molar-refractivity contribution < 1.29 is 24.9 Å². The van der Waals surface area contributed by atoms with Gasteiger partial charge in [0.05, 0.1) is 24.4 Å². The zero-order valence-corrected chi connectivity index (χ0v) is 18.9. The normalized spacial score (nSPS) is 49.1. The van der Waals surface area contributed by atoms with Crippen molar-refractivity contribution in [2.75, 3.05) is 20.3 Å². The maximum absolute atomic E-state index is 13.2. The van der Waals surface area contributed by atoms with Gasteiger partial charge in [-0.15, -0.1) is 0 Å². The lowest BCUT2D eigenvalue weighted by Gasteiger charge is -2.60. The molecule has 0 radical (unpaired) electrons. The topological polar surface area (TPSA) is 99.0 Å². The number of rotatable bonds is 5. The van der Waals surface area contributed by atoms with Crippen LogP contribution >= 0.6 is 0 Å². The van der Waals surface area contributed by atoms with Crippen LogP contribution in [0, 0.1) is 28.6 Å². The maximum atomic E-state index is 13.2. The first-order valence-electron chi connectivity index (χ1n) is 11.6. The van der Waals surface area contributed by atoms with Crippen molar-refractivity contribution in [1.29, 1.82) is 0 Å². The summed E-state index contributed by atoms with van der Waals surface area (Å²) in [6.07, 6.45) is 4.23. The van der Waals surface area contributed by atoms with Gasteiger partial charge in [-0.2, -0.15) is 0 Å². The summed E-state index contributed by atoms with van der Waals surface area (Å²) in [5, 5.41) is 36.3. The summed E-state index contributed by atoms with van der Waals surface area (Å²) in [5.74, 6) is 0.142. The second-order valence-corrected chi connectivity index (χ2v) is 10.9. The summed E-state index contributed by atoms with van der Waals surface area (Å²) in [6.45, 7) is 7.94. The second kappa shape index (κ2) is 7.66. The molecule has 2 unspecified atom stereocenters. The van der Waals surface area contributed by atoms with E-state index in [1.54, 1.807) is 13.2 Å². The fourth-order valence-electron chi connectivity index (χ4n) is 7.74. The molecule has 30 heavy (non-hydrogen) atoms. The Bertz CT molecular complexity index is 724. The van der Waals surface area contributed by atoms with Gasteiger partial charge >= 0.3 is 0 Å². The van der Waals surface area contributed by atoms with E-state index in [1.165, 1.54) is 0 Å². The highest BCUT2D eigenvalue weighted by Gasteiger charge is 2.66. The first-order valence-corrected chi connectivity index (χ1v) is 11.6. The fraction of sp³-hybridized carbons (Fsp3) is 0.875. The molecule has 0 bridgehead atoms. The number of ether oxygens (including phenoxy) is 1. The Morgan fingerprint density at radius 3 is 2.63 bits per heavy atom. The Morgan fingerprint density at radius 1 is 1.20 bits per heavy atom. The molecule has 4 N–H and O–H groups in total. The third-order valence-electron chi connectivity index (χ3n) is 9.57. The molecule has 170 valence electrons. The standard InChI is InChI=1S/C24H39NO5/c1-14(25-9-10-30-4)15-6-8-24(29)17-11-19(26)18-12-20(27)21(28)13-22(18,2)16(17)5-7-23(15,24)3/h11,14-16,18,20-21,25,27-29H,5-10,12-13H2,1-4H3/t14?,15-,16?,18+,20-,21+,22-,23-,24-/m1/s1. The number of aliphatic hydroxyl groups excluding tert-OH is 2. The molecule has 4 rings (SSSR count). The molecular weight excluding hydrogens is 382 g/mol. The van der Waals surface area contributed by atoms with Gasteiger partial charge in [0.2, 0.25) is 0 Å². The molecule has 6 heteroatoms. The average Bonchev–Trinajstić information content (AvgIpc) is 2.96. The van der Waals surface area contributed by atoms with Crippen LogP contribution in [0.4, 0.5) is 0 Å². The highest BCUT2D eigenvalue weighted by Crippen LogP contribution is 2.67. The summed E-state index contributed by atoms with van der Waals surface area (Å²) in [5.41, 5.74) is -0.777. The van der Waals surface area contributed by atoms with Gasteiger partial charge in [0.1, 0.15) is 0 Å². The SMILES string of the molecule is COCCNC(C)[C@H]1CC[C@@]2(O)C3=CC(=O)[C@@H]4C[C@@H](O)[C@@H](O)C[C@]4(C)C3CC[C@]12C. The van der Waals surface area contributed by atoms with E-state index in [1.807, 2.05) is 0 Å². The van der Waals surface area contributed by atoms with Crippen molar-refractivity contribution in [3.8, 4) is 0 Å². The molecule has 9 atom stereocenters. The van der Waals surface area contributed by atoms with Crippen molar-refractivity contribution in [3.63, 3.8) is 0 Å². The van der Waals surface area contributed by atoms with Crippen molar-refractivity contribution in [3.05, 3.63) is 11.6 Å². The van der Waals surface area contributed by atoms with Crippen LogP contribution in [-0.2, 0) is 9.53 Å². The van der Waals surface area contributed by atoms with Crippen LogP contribution in [0.15, 0.2) is 11.6 Å². The van der Waals surface area contributed by atoms with Gasteiger partial charge in [-0.1, -0.05) is 13.8 Å². The third kappa shape index (κ3) is 3.06. The van der Waals surface area contributed by atoms with Gasteiger partial charge in [-0.05, 0) is 74.3 Å². The number of allylic oxidation sites excluding steroid dienone is 1. The number of hydrogen-bond donors (Lipinski definition) is 4. The minimum absolute atomic E-state index is 0.0158. The lowest BCUT2D eigenvalue weighted by Crippen LogP contribution is -2.61. The zero-order chi connectivity index (χ0) is 21.9. The molecule has 4 aliphatic rings. The van der Waals surface area contributed by atoms with Gasteiger partial charge < -0.3 is 25.4 Å². The Labute approximate surface area is 180 Å². The summed E-state index contributed by atoms with van der Waals surface area (Å²) < 4.78 is 5.17. The van der Waals surface area contributed by atoms with E-state index in [9.17, 15) is 20.1 Å². The van der Waals surface area contributed by atoms with Gasteiger partial charge in [0.25, 0.3) is 0 Å². The van der Waals surface area contributed by atoms with Crippen molar-refractivity contribution in [2.24, 2.45) is 28.6 Å². The smallest absolute Gasteiger partial charge is 0.159 e. The second-order valence-electron chi connectivity index (χ2n) is 10.9. The quantitative estimate of drug-likeness (QED) is 0.506. The average molecular weight is 422 g/mol. The van der Waals surface area contributed by atoms with E-state index in [-0.39, 0.29) is 29.1 Å². The molecular formula is C24H39NO5. The number of aliphatic hydroxyl groups is 3. The third-order valence-corrected chi connectivity index (χ3v) is 9.57. The number of ketones is 1. The molecule has 4 aliphatic carbocycles. The molecule has 0 aromatic rings. The number of methoxy groups -OCH3 is 1. The monoisotopic (exact) mass is 421 g/mol. The van der Waals surface area contributed by atoms with Crippen molar-refractivity contribution >= 4 is 5.78 Å². The highest BCUT2D eigenvalue weighted by molar-refractivity contribution is 5.95. The first kappa shape index (κ1) is 22.4. The van der Waals surface area contributed by atoms with E-state index in [0.29, 0.717) is 31.8 Å². The summed E-state index contributed by atoms with van der Waals surface area (Å²) in [4.78, 5) is 13.2. The minimum atomic E-state index is -0.984. The number of carbonyl (C=O) groups excluding carboxylic acids is 1. The molecule has 6 nitrogen and oxygen atoms in total.